The van der Waals surface area contributed by atoms with Gasteiger partial charge in [0.05, 0.1) is 0 Å². The predicted octanol–water partition coefficient (Wildman–Crippen LogP) is 4.75. The molecule has 0 saturated carbocycles. The van der Waals surface area contributed by atoms with Gasteiger partial charge in [-0.25, -0.2) is 0 Å². The minimum atomic E-state index is 0.622. The highest BCUT2D eigenvalue weighted by molar-refractivity contribution is 5.32. The van der Waals surface area contributed by atoms with Gasteiger partial charge in [0.1, 0.15) is 0 Å². The molecule has 1 aliphatic heterocycles. The molecule has 1 saturated heterocycles. The smallest absolute Gasteiger partial charge is 0.0353 e. The van der Waals surface area contributed by atoms with Gasteiger partial charge in [0.25, 0.3) is 0 Å². The predicted molar refractivity (Wildman–Crippen MR) is 79.0 cm³/mol. The van der Waals surface area contributed by atoms with Crippen molar-refractivity contribution in [3.05, 3.63) is 35.4 Å². The molecule has 0 aromatic heterocycles. The molecule has 1 atom stereocenters. The van der Waals surface area contributed by atoms with Gasteiger partial charge in [-0.15, -0.1) is 0 Å². The average Bonchev–Trinajstić information content (AvgIpc) is 2.38. The summed E-state index contributed by atoms with van der Waals surface area (Å²) >= 11 is 0. The fourth-order valence-corrected chi connectivity index (χ4v) is 3.25. The molecule has 1 aliphatic rings. The van der Waals surface area contributed by atoms with Crippen LogP contribution in [0.5, 0.6) is 0 Å². The minimum Gasteiger partial charge on any atom is -0.294 e. The fraction of sp³-hybridized carbons (Fsp3) is 0.647. The standard InChI is InChI=1S/C17H27N/c1-13(2)15-9-5-6-10-16(15)17-11-7-8-12-18(17)14(3)4/h5-6,9-10,13-14,17H,7-8,11-12H2,1-4H3. The van der Waals surface area contributed by atoms with Gasteiger partial charge in [-0.05, 0) is 50.3 Å². The molecule has 1 heterocycles. The van der Waals surface area contributed by atoms with Crippen molar-refractivity contribution in [1.29, 1.82) is 0 Å². The summed E-state index contributed by atoms with van der Waals surface area (Å²) in [5.41, 5.74) is 3.11. The first-order valence-electron chi connectivity index (χ1n) is 7.45. The highest BCUT2D eigenvalue weighted by Gasteiger charge is 2.27. The summed E-state index contributed by atoms with van der Waals surface area (Å²) in [5.74, 6) is 0.622. The first-order valence-corrected chi connectivity index (χ1v) is 7.45. The third-order valence-corrected chi connectivity index (χ3v) is 4.18. The van der Waals surface area contributed by atoms with Crippen molar-refractivity contribution in [2.75, 3.05) is 6.54 Å². The SMILES string of the molecule is CC(C)c1ccccc1C1CCCCN1C(C)C. The van der Waals surface area contributed by atoms with Crippen molar-refractivity contribution in [3.63, 3.8) is 0 Å². The van der Waals surface area contributed by atoms with Gasteiger partial charge in [-0.2, -0.15) is 0 Å². The number of likely N-dealkylation sites (tertiary alicyclic amines) is 1. The van der Waals surface area contributed by atoms with Crippen LogP contribution in [0, 0.1) is 0 Å². The van der Waals surface area contributed by atoms with E-state index >= 15 is 0 Å². The van der Waals surface area contributed by atoms with Crippen molar-refractivity contribution in [2.24, 2.45) is 0 Å². The number of benzene rings is 1. The molecule has 0 bridgehead atoms. The molecule has 1 aromatic carbocycles. The Bertz CT molecular complexity index is 381. The Hall–Kier alpha value is -0.820. The third-order valence-electron chi connectivity index (χ3n) is 4.18. The summed E-state index contributed by atoms with van der Waals surface area (Å²) in [5, 5.41) is 0. The topological polar surface area (TPSA) is 3.24 Å². The first kappa shape index (κ1) is 13.6. The second-order valence-corrected chi connectivity index (χ2v) is 6.13. The second kappa shape index (κ2) is 5.88. The van der Waals surface area contributed by atoms with Crippen molar-refractivity contribution < 1.29 is 0 Å². The summed E-state index contributed by atoms with van der Waals surface area (Å²) in [7, 11) is 0. The van der Waals surface area contributed by atoms with Gasteiger partial charge in [-0.1, -0.05) is 44.5 Å². The summed E-state index contributed by atoms with van der Waals surface area (Å²) in [6.07, 6.45) is 4.06. The van der Waals surface area contributed by atoms with E-state index in [1.54, 1.807) is 5.56 Å². The second-order valence-electron chi connectivity index (χ2n) is 6.13. The molecule has 0 spiro atoms. The van der Waals surface area contributed by atoms with Gasteiger partial charge in [0.15, 0.2) is 0 Å². The summed E-state index contributed by atoms with van der Waals surface area (Å²) < 4.78 is 0. The van der Waals surface area contributed by atoms with E-state index in [4.69, 9.17) is 0 Å². The zero-order valence-electron chi connectivity index (χ0n) is 12.3. The van der Waals surface area contributed by atoms with Crippen LogP contribution >= 0.6 is 0 Å². The van der Waals surface area contributed by atoms with Crippen molar-refractivity contribution in [1.82, 2.24) is 4.90 Å². The molecule has 18 heavy (non-hydrogen) atoms. The van der Waals surface area contributed by atoms with Crippen LogP contribution < -0.4 is 0 Å². The molecule has 0 N–H and O–H groups in total. The van der Waals surface area contributed by atoms with Crippen molar-refractivity contribution in [2.45, 2.75) is 65.0 Å². The van der Waals surface area contributed by atoms with E-state index in [1.807, 2.05) is 0 Å². The molecular formula is C17H27N. The lowest BCUT2D eigenvalue weighted by Crippen LogP contribution is -2.38. The maximum Gasteiger partial charge on any atom is 0.0353 e. The van der Waals surface area contributed by atoms with E-state index in [2.05, 4.69) is 56.9 Å². The zero-order chi connectivity index (χ0) is 13.1. The lowest BCUT2D eigenvalue weighted by atomic mass is 9.87. The van der Waals surface area contributed by atoms with Crippen LogP contribution in [0.4, 0.5) is 0 Å². The van der Waals surface area contributed by atoms with Crippen LogP contribution in [0.25, 0.3) is 0 Å². The van der Waals surface area contributed by atoms with Crippen LogP contribution in [-0.4, -0.2) is 17.5 Å². The highest BCUT2D eigenvalue weighted by atomic mass is 15.2. The van der Waals surface area contributed by atoms with Crippen LogP contribution in [0.15, 0.2) is 24.3 Å². The van der Waals surface area contributed by atoms with E-state index in [0.717, 1.165) is 0 Å². The zero-order valence-corrected chi connectivity index (χ0v) is 12.3. The number of hydrogen-bond donors (Lipinski definition) is 0. The maximum absolute atomic E-state index is 2.69. The molecule has 0 radical (unpaired) electrons. The van der Waals surface area contributed by atoms with Crippen molar-refractivity contribution in [3.8, 4) is 0 Å². The van der Waals surface area contributed by atoms with Gasteiger partial charge in [-0.3, -0.25) is 4.90 Å². The number of hydrogen-bond acceptors (Lipinski definition) is 1. The highest BCUT2D eigenvalue weighted by Crippen LogP contribution is 2.36. The fourth-order valence-electron chi connectivity index (χ4n) is 3.25. The minimum absolute atomic E-state index is 0.622. The largest absolute Gasteiger partial charge is 0.294 e. The Morgan fingerprint density at radius 3 is 2.44 bits per heavy atom. The Morgan fingerprint density at radius 2 is 1.78 bits per heavy atom. The lowest BCUT2D eigenvalue weighted by Gasteiger charge is -2.40. The Morgan fingerprint density at radius 1 is 1.06 bits per heavy atom. The molecule has 1 unspecified atom stereocenters. The lowest BCUT2D eigenvalue weighted by molar-refractivity contribution is 0.111. The molecule has 1 nitrogen and oxygen atoms in total. The first-order chi connectivity index (χ1) is 8.61. The Balaban J connectivity index is 2.33. The van der Waals surface area contributed by atoms with Crippen molar-refractivity contribution >= 4 is 0 Å². The Labute approximate surface area is 112 Å². The van der Waals surface area contributed by atoms with E-state index in [9.17, 15) is 0 Å². The van der Waals surface area contributed by atoms with Gasteiger partial charge in [0.2, 0.25) is 0 Å². The van der Waals surface area contributed by atoms with Crippen LogP contribution in [0.1, 0.15) is 70.0 Å². The number of nitrogens with zero attached hydrogens (tertiary/aromatic N) is 1. The van der Waals surface area contributed by atoms with E-state index in [-0.39, 0.29) is 0 Å². The average molecular weight is 245 g/mol. The monoisotopic (exact) mass is 245 g/mol. The molecule has 1 aromatic rings. The summed E-state index contributed by atoms with van der Waals surface area (Å²) in [6, 6.07) is 10.3. The molecule has 1 heteroatoms. The maximum atomic E-state index is 2.69. The number of piperidine rings is 1. The molecule has 0 aliphatic carbocycles. The summed E-state index contributed by atoms with van der Waals surface area (Å²) in [4.78, 5) is 2.69. The van der Waals surface area contributed by atoms with Crippen LogP contribution in [0.3, 0.4) is 0 Å². The molecular weight excluding hydrogens is 218 g/mol. The van der Waals surface area contributed by atoms with Gasteiger partial charge >= 0.3 is 0 Å². The molecule has 2 rings (SSSR count). The summed E-state index contributed by atoms with van der Waals surface area (Å²) in [6.45, 7) is 10.5. The molecule has 100 valence electrons. The third kappa shape index (κ3) is 2.77. The molecule has 0 amide bonds. The quantitative estimate of drug-likeness (QED) is 0.743. The van der Waals surface area contributed by atoms with Crippen LogP contribution in [0.2, 0.25) is 0 Å². The number of rotatable bonds is 3. The van der Waals surface area contributed by atoms with E-state index in [1.165, 1.54) is 31.4 Å². The van der Waals surface area contributed by atoms with E-state index in [0.29, 0.717) is 18.0 Å². The van der Waals surface area contributed by atoms with Gasteiger partial charge in [0, 0.05) is 12.1 Å². The Kier molecular flexibility index (Phi) is 4.45. The molecule has 1 fully saturated rings. The van der Waals surface area contributed by atoms with E-state index < -0.39 is 0 Å². The normalized spacial score (nSPS) is 21.8. The van der Waals surface area contributed by atoms with Crippen LogP contribution in [-0.2, 0) is 0 Å². The van der Waals surface area contributed by atoms with Gasteiger partial charge < -0.3 is 0 Å².